The monoisotopic (exact) mass is 336 g/mol. The lowest BCUT2D eigenvalue weighted by Gasteiger charge is -2.31. The lowest BCUT2D eigenvalue weighted by molar-refractivity contribution is 0.0697. The van der Waals surface area contributed by atoms with Crippen LogP contribution in [0.1, 0.15) is 23.2 Å². The summed E-state index contributed by atoms with van der Waals surface area (Å²) in [5.41, 5.74) is 0.659. The van der Waals surface area contributed by atoms with Crippen LogP contribution in [-0.4, -0.2) is 41.0 Å². The van der Waals surface area contributed by atoms with Crippen molar-refractivity contribution in [3.63, 3.8) is 0 Å². The quantitative estimate of drug-likeness (QED) is 0.892. The SMILES string of the molecule is O=C(O)c1c(N2CCCC(CO)C2)noc1-c1ccc(Cl)cc1. The summed E-state index contributed by atoms with van der Waals surface area (Å²) in [4.78, 5) is 13.6. The predicted molar refractivity (Wildman–Crippen MR) is 85.9 cm³/mol. The Morgan fingerprint density at radius 1 is 1.39 bits per heavy atom. The van der Waals surface area contributed by atoms with Gasteiger partial charge in [0.2, 0.25) is 0 Å². The van der Waals surface area contributed by atoms with E-state index in [0.717, 1.165) is 12.8 Å². The van der Waals surface area contributed by atoms with Gasteiger partial charge in [-0.25, -0.2) is 4.79 Å². The van der Waals surface area contributed by atoms with Crippen LogP contribution in [0.5, 0.6) is 0 Å². The average Bonchev–Trinajstić information content (AvgIpc) is 3.01. The smallest absolute Gasteiger partial charge is 0.343 e. The van der Waals surface area contributed by atoms with Crippen molar-refractivity contribution >= 4 is 23.4 Å². The zero-order chi connectivity index (χ0) is 16.4. The number of piperidine rings is 1. The maximum absolute atomic E-state index is 11.7. The van der Waals surface area contributed by atoms with Crippen molar-refractivity contribution in [3.8, 4) is 11.3 Å². The van der Waals surface area contributed by atoms with Gasteiger partial charge in [-0.05, 0) is 43.0 Å². The number of aliphatic hydroxyl groups excluding tert-OH is 1. The Balaban J connectivity index is 1.99. The largest absolute Gasteiger partial charge is 0.477 e. The van der Waals surface area contributed by atoms with E-state index in [1.807, 2.05) is 4.90 Å². The number of aliphatic hydroxyl groups is 1. The summed E-state index contributed by atoms with van der Waals surface area (Å²) in [5, 5.41) is 23.5. The molecular weight excluding hydrogens is 320 g/mol. The maximum Gasteiger partial charge on any atom is 0.343 e. The van der Waals surface area contributed by atoms with E-state index in [4.69, 9.17) is 16.1 Å². The van der Waals surface area contributed by atoms with Crippen LogP contribution in [0.15, 0.2) is 28.8 Å². The first-order chi connectivity index (χ1) is 11.1. The van der Waals surface area contributed by atoms with Gasteiger partial charge in [-0.1, -0.05) is 16.8 Å². The van der Waals surface area contributed by atoms with E-state index in [9.17, 15) is 15.0 Å². The minimum atomic E-state index is -1.09. The minimum absolute atomic E-state index is 0.0471. The summed E-state index contributed by atoms with van der Waals surface area (Å²) in [6.45, 7) is 1.35. The molecule has 0 spiro atoms. The molecule has 1 atom stereocenters. The van der Waals surface area contributed by atoms with Crippen LogP contribution >= 0.6 is 11.6 Å². The summed E-state index contributed by atoms with van der Waals surface area (Å²) in [7, 11) is 0. The van der Waals surface area contributed by atoms with Gasteiger partial charge in [0.15, 0.2) is 17.1 Å². The number of aromatic carboxylic acids is 1. The molecule has 0 saturated carbocycles. The van der Waals surface area contributed by atoms with Crippen molar-refractivity contribution in [1.82, 2.24) is 5.16 Å². The average molecular weight is 337 g/mol. The number of nitrogens with zero attached hydrogens (tertiary/aromatic N) is 2. The molecule has 1 aromatic carbocycles. The molecule has 7 heteroatoms. The molecule has 23 heavy (non-hydrogen) atoms. The van der Waals surface area contributed by atoms with Crippen molar-refractivity contribution < 1.29 is 19.5 Å². The minimum Gasteiger partial charge on any atom is -0.477 e. The summed E-state index contributed by atoms with van der Waals surface area (Å²) < 4.78 is 5.33. The normalized spacial score (nSPS) is 18.2. The van der Waals surface area contributed by atoms with Gasteiger partial charge in [-0.2, -0.15) is 0 Å². The zero-order valence-corrected chi connectivity index (χ0v) is 13.2. The van der Waals surface area contributed by atoms with Gasteiger partial charge in [0, 0.05) is 30.3 Å². The molecule has 2 N–H and O–H groups in total. The Bertz CT molecular complexity index is 699. The molecule has 6 nitrogen and oxygen atoms in total. The molecule has 1 aliphatic rings. The van der Waals surface area contributed by atoms with E-state index in [2.05, 4.69) is 5.16 Å². The molecule has 2 heterocycles. The number of anilines is 1. The molecule has 0 bridgehead atoms. The first-order valence-electron chi connectivity index (χ1n) is 7.45. The zero-order valence-electron chi connectivity index (χ0n) is 12.4. The number of carboxylic acid groups (broad SMARTS) is 1. The maximum atomic E-state index is 11.7. The molecule has 122 valence electrons. The Kier molecular flexibility index (Phi) is 4.54. The molecule has 0 amide bonds. The molecule has 1 fully saturated rings. The third kappa shape index (κ3) is 3.18. The topological polar surface area (TPSA) is 86.8 Å². The Labute approximate surface area is 138 Å². The van der Waals surface area contributed by atoms with Crippen molar-refractivity contribution in [2.75, 3.05) is 24.6 Å². The van der Waals surface area contributed by atoms with Crippen molar-refractivity contribution in [2.45, 2.75) is 12.8 Å². The number of benzene rings is 1. The van der Waals surface area contributed by atoms with E-state index in [1.165, 1.54) is 0 Å². The molecule has 2 aromatic rings. The second kappa shape index (κ2) is 6.60. The third-order valence-electron chi connectivity index (χ3n) is 4.07. The van der Waals surface area contributed by atoms with Gasteiger partial charge in [0.25, 0.3) is 0 Å². The van der Waals surface area contributed by atoms with Gasteiger partial charge in [0.1, 0.15) is 0 Å². The fourth-order valence-corrected chi connectivity index (χ4v) is 3.02. The molecular formula is C16H17ClN2O4. The molecule has 0 radical (unpaired) electrons. The highest BCUT2D eigenvalue weighted by atomic mass is 35.5. The fourth-order valence-electron chi connectivity index (χ4n) is 2.90. The van der Waals surface area contributed by atoms with Crippen LogP contribution < -0.4 is 4.90 Å². The highest BCUT2D eigenvalue weighted by molar-refractivity contribution is 6.30. The van der Waals surface area contributed by atoms with Gasteiger partial charge in [-0.3, -0.25) is 0 Å². The van der Waals surface area contributed by atoms with Crippen molar-refractivity contribution in [3.05, 3.63) is 34.9 Å². The lowest BCUT2D eigenvalue weighted by atomic mass is 9.98. The van der Waals surface area contributed by atoms with Gasteiger partial charge >= 0.3 is 5.97 Å². The number of rotatable bonds is 4. The lowest BCUT2D eigenvalue weighted by Crippen LogP contribution is -2.37. The molecule has 1 aliphatic heterocycles. The Morgan fingerprint density at radius 2 is 2.13 bits per heavy atom. The molecule has 1 saturated heterocycles. The Morgan fingerprint density at radius 3 is 2.78 bits per heavy atom. The summed E-state index contributed by atoms with van der Waals surface area (Å²) in [5.74, 6) is -0.422. The first kappa shape index (κ1) is 15.8. The first-order valence-corrected chi connectivity index (χ1v) is 7.82. The standard InChI is InChI=1S/C16H17ClN2O4/c17-12-5-3-11(4-6-12)14-13(16(21)22)15(18-23-14)19-7-1-2-10(8-19)9-20/h3-6,10,20H,1-2,7-9H2,(H,21,22). The molecule has 1 aromatic heterocycles. The van der Waals surface area contributed by atoms with E-state index in [-0.39, 0.29) is 23.8 Å². The predicted octanol–water partition coefficient (Wildman–Crippen LogP) is 2.90. The van der Waals surface area contributed by atoms with Crippen LogP contribution in [0, 0.1) is 5.92 Å². The van der Waals surface area contributed by atoms with E-state index >= 15 is 0 Å². The van der Waals surface area contributed by atoms with E-state index < -0.39 is 5.97 Å². The summed E-state index contributed by atoms with van der Waals surface area (Å²) in [6, 6.07) is 6.75. The number of hydrogen-bond donors (Lipinski definition) is 2. The van der Waals surface area contributed by atoms with Gasteiger partial charge < -0.3 is 19.6 Å². The summed E-state index contributed by atoms with van der Waals surface area (Å²) >= 11 is 5.87. The van der Waals surface area contributed by atoms with E-state index in [0.29, 0.717) is 29.5 Å². The fraction of sp³-hybridized carbons (Fsp3) is 0.375. The molecule has 1 unspecified atom stereocenters. The molecule has 0 aliphatic carbocycles. The van der Waals surface area contributed by atoms with Crippen LogP contribution in [-0.2, 0) is 0 Å². The van der Waals surface area contributed by atoms with Gasteiger partial charge in [0.05, 0.1) is 0 Å². The number of carboxylic acids is 1. The number of aromatic nitrogens is 1. The highest BCUT2D eigenvalue weighted by Crippen LogP contribution is 2.33. The van der Waals surface area contributed by atoms with Crippen LogP contribution in [0.2, 0.25) is 5.02 Å². The third-order valence-corrected chi connectivity index (χ3v) is 4.32. The number of halogens is 1. The molecule has 3 rings (SSSR count). The number of carbonyl (C=O) groups is 1. The van der Waals surface area contributed by atoms with Crippen molar-refractivity contribution in [2.24, 2.45) is 5.92 Å². The van der Waals surface area contributed by atoms with E-state index in [1.54, 1.807) is 24.3 Å². The van der Waals surface area contributed by atoms with Crippen molar-refractivity contribution in [1.29, 1.82) is 0 Å². The number of hydrogen-bond acceptors (Lipinski definition) is 5. The highest BCUT2D eigenvalue weighted by Gasteiger charge is 2.30. The Hall–Kier alpha value is -2.05. The van der Waals surface area contributed by atoms with Crippen LogP contribution in [0.3, 0.4) is 0 Å². The van der Waals surface area contributed by atoms with Crippen LogP contribution in [0.4, 0.5) is 5.82 Å². The van der Waals surface area contributed by atoms with Gasteiger partial charge in [-0.15, -0.1) is 0 Å². The second-order valence-corrected chi connectivity index (χ2v) is 6.10. The van der Waals surface area contributed by atoms with Crippen LogP contribution in [0.25, 0.3) is 11.3 Å². The second-order valence-electron chi connectivity index (χ2n) is 5.66. The summed E-state index contributed by atoms with van der Waals surface area (Å²) in [6.07, 6.45) is 1.81.